The van der Waals surface area contributed by atoms with Crippen LogP contribution in [-0.4, -0.2) is 34.5 Å². The Bertz CT molecular complexity index is 230. The van der Waals surface area contributed by atoms with Gasteiger partial charge in [-0.05, 0) is 18.8 Å². The van der Waals surface area contributed by atoms with E-state index >= 15 is 0 Å². The van der Waals surface area contributed by atoms with Gasteiger partial charge in [-0.15, -0.1) is 0 Å². The van der Waals surface area contributed by atoms with Gasteiger partial charge in [0.15, 0.2) is 0 Å². The predicted molar refractivity (Wildman–Crippen MR) is 44.3 cm³/mol. The van der Waals surface area contributed by atoms with Gasteiger partial charge in [0.25, 0.3) is 10.1 Å². The van der Waals surface area contributed by atoms with Crippen molar-refractivity contribution in [2.75, 3.05) is 20.0 Å². The first-order valence-corrected chi connectivity index (χ1v) is 5.72. The molecule has 1 aliphatic carbocycles. The van der Waals surface area contributed by atoms with Crippen LogP contribution in [0.4, 0.5) is 0 Å². The smallest absolute Gasteiger partial charge is 0.264 e. The Morgan fingerprint density at radius 2 is 2.08 bits per heavy atom. The maximum absolute atomic E-state index is 10.8. The van der Waals surface area contributed by atoms with Gasteiger partial charge in [-0.3, -0.25) is 4.18 Å². The van der Waals surface area contributed by atoms with Crippen LogP contribution in [0.2, 0.25) is 0 Å². The van der Waals surface area contributed by atoms with Gasteiger partial charge in [0.2, 0.25) is 0 Å². The van der Waals surface area contributed by atoms with Gasteiger partial charge >= 0.3 is 0 Å². The molecule has 5 heteroatoms. The molecule has 1 atom stereocenters. The minimum absolute atomic E-state index is 0.273. The Morgan fingerprint density at radius 3 is 2.42 bits per heavy atom. The third-order valence-corrected chi connectivity index (χ3v) is 2.37. The molecule has 0 saturated heterocycles. The monoisotopic (exact) mass is 194 g/mol. The summed E-state index contributed by atoms with van der Waals surface area (Å²) >= 11 is 0. The van der Waals surface area contributed by atoms with Gasteiger partial charge in [-0.1, -0.05) is 0 Å². The number of ether oxygens (including phenoxy) is 1. The third kappa shape index (κ3) is 3.51. The number of rotatable bonds is 5. The molecule has 0 amide bonds. The van der Waals surface area contributed by atoms with Crippen molar-refractivity contribution in [2.24, 2.45) is 5.92 Å². The average molecular weight is 194 g/mol. The number of methoxy groups -OCH3 is 1. The van der Waals surface area contributed by atoms with Gasteiger partial charge in [-0.2, -0.15) is 8.42 Å². The molecule has 1 unspecified atom stereocenters. The molecule has 0 radical (unpaired) electrons. The Kier molecular flexibility index (Phi) is 3.09. The molecular formula is C7H14O4S. The molecule has 0 aromatic carbocycles. The van der Waals surface area contributed by atoms with Crippen LogP contribution >= 0.6 is 0 Å². The second-order valence-electron chi connectivity index (χ2n) is 3.13. The summed E-state index contributed by atoms with van der Waals surface area (Å²) in [6.45, 7) is 0.359. The standard InChI is InChI=1S/C7H14O4S/c1-10-5-7(6-3-4-6)11-12(2,8)9/h6-7H,3-5H2,1-2H3. The lowest BCUT2D eigenvalue weighted by molar-refractivity contribution is 0.0727. The Morgan fingerprint density at radius 1 is 1.50 bits per heavy atom. The van der Waals surface area contributed by atoms with E-state index in [9.17, 15) is 8.42 Å². The van der Waals surface area contributed by atoms with Gasteiger partial charge in [0, 0.05) is 7.11 Å². The first kappa shape index (κ1) is 9.95. The quantitative estimate of drug-likeness (QED) is 0.594. The molecule has 0 aliphatic heterocycles. The Hall–Kier alpha value is -0.130. The Labute approximate surface area is 73.0 Å². The average Bonchev–Trinajstić information content (AvgIpc) is 2.63. The molecule has 0 bridgehead atoms. The van der Waals surface area contributed by atoms with Crippen molar-refractivity contribution in [1.82, 2.24) is 0 Å². The Balaban J connectivity index is 2.43. The van der Waals surface area contributed by atoms with Crippen molar-refractivity contribution >= 4 is 10.1 Å². The van der Waals surface area contributed by atoms with Gasteiger partial charge in [-0.25, -0.2) is 0 Å². The summed E-state index contributed by atoms with van der Waals surface area (Å²) < 4.78 is 31.3. The fourth-order valence-corrected chi connectivity index (χ4v) is 1.76. The highest BCUT2D eigenvalue weighted by Crippen LogP contribution is 2.34. The molecule has 4 nitrogen and oxygen atoms in total. The molecule has 1 aliphatic rings. The van der Waals surface area contributed by atoms with Crippen molar-refractivity contribution in [3.8, 4) is 0 Å². The van der Waals surface area contributed by atoms with E-state index < -0.39 is 10.1 Å². The van der Waals surface area contributed by atoms with Crippen LogP contribution in [0.5, 0.6) is 0 Å². The summed E-state index contributed by atoms with van der Waals surface area (Å²) in [6, 6.07) is 0. The van der Waals surface area contributed by atoms with E-state index in [1.807, 2.05) is 0 Å². The van der Waals surface area contributed by atoms with Crippen LogP contribution in [0.15, 0.2) is 0 Å². The minimum atomic E-state index is -3.33. The van der Waals surface area contributed by atoms with E-state index in [4.69, 9.17) is 8.92 Å². The molecule has 0 aromatic heterocycles. The maximum atomic E-state index is 10.8. The number of hydrogen-bond donors (Lipinski definition) is 0. The minimum Gasteiger partial charge on any atom is -0.382 e. The molecule has 0 aromatic rings. The van der Waals surface area contributed by atoms with Gasteiger partial charge < -0.3 is 4.74 Å². The number of hydrogen-bond acceptors (Lipinski definition) is 4. The van der Waals surface area contributed by atoms with E-state index in [1.165, 1.54) is 0 Å². The lowest BCUT2D eigenvalue weighted by atomic mass is 10.2. The summed E-state index contributed by atoms with van der Waals surface area (Å²) in [6.07, 6.45) is 2.88. The zero-order chi connectivity index (χ0) is 9.19. The summed E-state index contributed by atoms with van der Waals surface area (Å²) in [5, 5.41) is 0. The SMILES string of the molecule is COCC(OS(C)(=O)=O)C1CC1. The van der Waals surface area contributed by atoms with Crippen molar-refractivity contribution in [1.29, 1.82) is 0 Å². The molecule has 1 saturated carbocycles. The highest BCUT2D eigenvalue weighted by atomic mass is 32.2. The van der Waals surface area contributed by atoms with Crippen LogP contribution in [0, 0.1) is 5.92 Å². The van der Waals surface area contributed by atoms with E-state index in [0.717, 1.165) is 19.1 Å². The molecule has 1 fully saturated rings. The summed E-state index contributed by atoms with van der Waals surface area (Å²) in [7, 11) is -1.79. The highest BCUT2D eigenvalue weighted by Gasteiger charge is 2.34. The van der Waals surface area contributed by atoms with Crippen LogP contribution in [0.25, 0.3) is 0 Å². The van der Waals surface area contributed by atoms with Crippen LogP contribution < -0.4 is 0 Å². The second-order valence-corrected chi connectivity index (χ2v) is 4.73. The predicted octanol–water partition coefficient (Wildman–Crippen LogP) is 0.388. The van der Waals surface area contributed by atoms with Crippen molar-refractivity contribution in [3.05, 3.63) is 0 Å². The zero-order valence-corrected chi connectivity index (χ0v) is 8.13. The lowest BCUT2D eigenvalue weighted by Crippen LogP contribution is -2.24. The normalized spacial score (nSPS) is 20.8. The second kappa shape index (κ2) is 3.72. The van der Waals surface area contributed by atoms with E-state index in [0.29, 0.717) is 12.5 Å². The molecule has 0 spiro atoms. The van der Waals surface area contributed by atoms with Crippen molar-refractivity contribution in [2.45, 2.75) is 18.9 Å². The largest absolute Gasteiger partial charge is 0.382 e. The molecule has 12 heavy (non-hydrogen) atoms. The summed E-state index contributed by atoms with van der Waals surface area (Å²) in [4.78, 5) is 0. The van der Waals surface area contributed by atoms with Crippen molar-refractivity contribution < 1.29 is 17.3 Å². The van der Waals surface area contributed by atoms with E-state index in [-0.39, 0.29) is 6.10 Å². The molecule has 1 rings (SSSR count). The fourth-order valence-electron chi connectivity index (χ4n) is 1.10. The lowest BCUT2D eigenvalue weighted by Gasteiger charge is -2.13. The molecule has 0 heterocycles. The zero-order valence-electron chi connectivity index (χ0n) is 7.32. The molecule has 72 valence electrons. The van der Waals surface area contributed by atoms with Crippen molar-refractivity contribution in [3.63, 3.8) is 0 Å². The fraction of sp³-hybridized carbons (Fsp3) is 1.00. The van der Waals surface area contributed by atoms with Crippen LogP contribution in [0.1, 0.15) is 12.8 Å². The third-order valence-electron chi connectivity index (χ3n) is 1.78. The van der Waals surface area contributed by atoms with E-state index in [2.05, 4.69) is 0 Å². The first-order valence-electron chi connectivity index (χ1n) is 3.90. The molecular weight excluding hydrogens is 180 g/mol. The maximum Gasteiger partial charge on any atom is 0.264 e. The van der Waals surface area contributed by atoms with Gasteiger partial charge in [0.1, 0.15) is 6.10 Å². The van der Waals surface area contributed by atoms with Crippen LogP contribution in [-0.2, 0) is 19.0 Å². The topological polar surface area (TPSA) is 52.6 Å². The summed E-state index contributed by atoms with van der Waals surface area (Å²) in [5.74, 6) is 0.375. The highest BCUT2D eigenvalue weighted by molar-refractivity contribution is 7.86. The first-order chi connectivity index (χ1) is 5.53. The summed E-state index contributed by atoms with van der Waals surface area (Å²) in [5.41, 5.74) is 0. The molecule has 0 N–H and O–H groups in total. The van der Waals surface area contributed by atoms with Crippen LogP contribution in [0.3, 0.4) is 0 Å². The van der Waals surface area contributed by atoms with E-state index in [1.54, 1.807) is 7.11 Å². The van der Waals surface area contributed by atoms with Gasteiger partial charge in [0.05, 0.1) is 12.9 Å².